The summed E-state index contributed by atoms with van der Waals surface area (Å²) in [5.41, 5.74) is 1.27. The summed E-state index contributed by atoms with van der Waals surface area (Å²) in [5.74, 6) is 2.96. The van der Waals surface area contributed by atoms with Crippen LogP contribution in [0.2, 0.25) is 0 Å². The van der Waals surface area contributed by atoms with E-state index in [4.69, 9.17) is 4.74 Å². The molecule has 1 aliphatic rings. The standard InChI is InChI=1S/C16H29N3O/c1-11(2)17-9-13-7-6-12(3)8-14(13)16-15(20-5)10-18-19(16)4/h10-14,17H,6-9H2,1-5H3. The molecular formula is C16H29N3O. The van der Waals surface area contributed by atoms with E-state index in [1.807, 2.05) is 17.9 Å². The molecule has 0 bridgehead atoms. The van der Waals surface area contributed by atoms with Crippen molar-refractivity contribution in [1.82, 2.24) is 15.1 Å². The zero-order valence-corrected chi connectivity index (χ0v) is 13.5. The fourth-order valence-electron chi connectivity index (χ4n) is 3.42. The normalized spacial score (nSPS) is 27.0. The first-order chi connectivity index (χ1) is 9.52. The Hall–Kier alpha value is -1.03. The monoisotopic (exact) mass is 279 g/mol. The predicted octanol–water partition coefficient (Wildman–Crippen LogP) is 2.95. The molecule has 1 saturated carbocycles. The number of hydrogen-bond acceptors (Lipinski definition) is 3. The first kappa shape index (κ1) is 15.4. The van der Waals surface area contributed by atoms with E-state index in [1.165, 1.54) is 25.0 Å². The number of aromatic nitrogens is 2. The average Bonchev–Trinajstić information content (AvgIpc) is 2.78. The minimum absolute atomic E-state index is 0.545. The molecule has 0 spiro atoms. The molecule has 2 rings (SSSR count). The molecule has 20 heavy (non-hydrogen) atoms. The van der Waals surface area contributed by atoms with Crippen molar-refractivity contribution in [2.24, 2.45) is 18.9 Å². The number of hydrogen-bond donors (Lipinski definition) is 1. The Morgan fingerprint density at radius 2 is 2.20 bits per heavy atom. The number of nitrogens with zero attached hydrogens (tertiary/aromatic N) is 2. The zero-order chi connectivity index (χ0) is 14.7. The molecule has 3 unspecified atom stereocenters. The van der Waals surface area contributed by atoms with Crippen LogP contribution in [0.15, 0.2) is 6.20 Å². The summed E-state index contributed by atoms with van der Waals surface area (Å²) in [7, 11) is 3.78. The van der Waals surface area contributed by atoms with Gasteiger partial charge < -0.3 is 10.1 Å². The fraction of sp³-hybridized carbons (Fsp3) is 0.812. The molecule has 114 valence electrons. The zero-order valence-electron chi connectivity index (χ0n) is 13.5. The second-order valence-electron chi connectivity index (χ2n) is 6.57. The van der Waals surface area contributed by atoms with Crippen molar-refractivity contribution in [2.75, 3.05) is 13.7 Å². The van der Waals surface area contributed by atoms with Crippen LogP contribution in [0.1, 0.15) is 51.6 Å². The molecule has 4 nitrogen and oxygen atoms in total. The Morgan fingerprint density at radius 1 is 1.45 bits per heavy atom. The Kier molecular flexibility index (Phi) is 5.08. The van der Waals surface area contributed by atoms with Crippen molar-refractivity contribution in [2.45, 2.75) is 52.0 Å². The Bertz CT molecular complexity index is 427. The van der Waals surface area contributed by atoms with Gasteiger partial charge in [0.2, 0.25) is 0 Å². The highest BCUT2D eigenvalue weighted by atomic mass is 16.5. The van der Waals surface area contributed by atoms with Crippen LogP contribution in [0.5, 0.6) is 5.75 Å². The maximum Gasteiger partial charge on any atom is 0.160 e. The molecular weight excluding hydrogens is 250 g/mol. The smallest absolute Gasteiger partial charge is 0.160 e. The number of rotatable bonds is 5. The predicted molar refractivity (Wildman–Crippen MR) is 82.1 cm³/mol. The lowest BCUT2D eigenvalue weighted by Crippen LogP contribution is -2.35. The molecule has 1 heterocycles. The highest BCUT2D eigenvalue weighted by Crippen LogP contribution is 2.43. The van der Waals surface area contributed by atoms with Gasteiger partial charge in [0.05, 0.1) is 19.0 Å². The van der Waals surface area contributed by atoms with Gasteiger partial charge >= 0.3 is 0 Å². The lowest BCUT2D eigenvalue weighted by molar-refractivity contribution is 0.226. The summed E-state index contributed by atoms with van der Waals surface area (Å²) in [5, 5.41) is 8.00. The number of ether oxygens (including phenoxy) is 1. The van der Waals surface area contributed by atoms with Crippen LogP contribution in [0.3, 0.4) is 0 Å². The van der Waals surface area contributed by atoms with Gasteiger partial charge in [-0.15, -0.1) is 0 Å². The molecule has 1 fully saturated rings. The van der Waals surface area contributed by atoms with Gasteiger partial charge in [-0.25, -0.2) is 0 Å². The van der Waals surface area contributed by atoms with Crippen molar-refractivity contribution in [3.63, 3.8) is 0 Å². The van der Waals surface area contributed by atoms with Gasteiger partial charge in [0, 0.05) is 19.0 Å². The summed E-state index contributed by atoms with van der Waals surface area (Å²) in [6.07, 6.45) is 5.71. The number of nitrogens with one attached hydrogen (secondary N) is 1. The van der Waals surface area contributed by atoms with Gasteiger partial charge in [-0.2, -0.15) is 5.10 Å². The third-order valence-corrected chi connectivity index (χ3v) is 4.56. The largest absolute Gasteiger partial charge is 0.493 e. The molecule has 0 aliphatic heterocycles. The van der Waals surface area contributed by atoms with Crippen molar-refractivity contribution in [3.8, 4) is 5.75 Å². The van der Waals surface area contributed by atoms with Gasteiger partial charge in [-0.1, -0.05) is 27.2 Å². The van der Waals surface area contributed by atoms with E-state index >= 15 is 0 Å². The maximum absolute atomic E-state index is 5.52. The molecule has 0 aromatic carbocycles. The van der Waals surface area contributed by atoms with Gasteiger partial charge in [0.25, 0.3) is 0 Å². The second kappa shape index (κ2) is 6.61. The van der Waals surface area contributed by atoms with Crippen LogP contribution in [-0.2, 0) is 7.05 Å². The molecule has 1 N–H and O–H groups in total. The molecule has 4 heteroatoms. The molecule has 0 radical (unpaired) electrons. The molecule has 1 aliphatic carbocycles. The second-order valence-corrected chi connectivity index (χ2v) is 6.57. The Morgan fingerprint density at radius 3 is 2.85 bits per heavy atom. The maximum atomic E-state index is 5.52. The van der Waals surface area contributed by atoms with Gasteiger partial charge in [0.1, 0.15) is 0 Å². The first-order valence-electron chi connectivity index (χ1n) is 7.82. The van der Waals surface area contributed by atoms with E-state index in [2.05, 4.69) is 31.2 Å². The SMILES string of the molecule is COc1cnn(C)c1C1CC(C)CCC1CNC(C)C. The molecule has 0 amide bonds. The fourth-order valence-corrected chi connectivity index (χ4v) is 3.42. The Balaban J connectivity index is 2.20. The summed E-state index contributed by atoms with van der Waals surface area (Å²) in [6.45, 7) is 7.88. The van der Waals surface area contributed by atoms with Crippen LogP contribution < -0.4 is 10.1 Å². The summed E-state index contributed by atoms with van der Waals surface area (Å²) < 4.78 is 7.53. The number of methoxy groups -OCH3 is 1. The average molecular weight is 279 g/mol. The van der Waals surface area contributed by atoms with Crippen LogP contribution in [0, 0.1) is 11.8 Å². The van der Waals surface area contributed by atoms with Crippen LogP contribution in [-0.4, -0.2) is 29.5 Å². The highest BCUT2D eigenvalue weighted by molar-refractivity contribution is 5.29. The first-order valence-corrected chi connectivity index (χ1v) is 7.82. The van der Waals surface area contributed by atoms with E-state index in [1.54, 1.807) is 7.11 Å². The minimum Gasteiger partial charge on any atom is -0.493 e. The number of aryl methyl sites for hydroxylation is 1. The third kappa shape index (κ3) is 3.35. The van der Waals surface area contributed by atoms with E-state index in [0.29, 0.717) is 17.9 Å². The van der Waals surface area contributed by atoms with E-state index < -0.39 is 0 Å². The quantitative estimate of drug-likeness (QED) is 0.900. The van der Waals surface area contributed by atoms with Gasteiger partial charge in [-0.05, 0) is 31.2 Å². The van der Waals surface area contributed by atoms with Crippen molar-refractivity contribution in [3.05, 3.63) is 11.9 Å². The Labute approximate surface area is 122 Å². The van der Waals surface area contributed by atoms with Crippen molar-refractivity contribution in [1.29, 1.82) is 0 Å². The summed E-state index contributed by atoms with van der Waals surface area (Å²) in [6, 6.07) is 0.545. The van der Waals surface area contributed by atoms with E-state index in [0.717, 1.165) is 18.2 Å². The minimum atomic E-state index is 0.545. The van der Waals surface area contributed by atoms with Crippen LogP contribution in [0.25, 0.3) is 0 Å². The molecule has 1 aromatic rings. The van der Waals surface area contributed by atoms with E-state index in [9.17, 15) is 0 Å². The van der Waals surface area contributed by atoms with Crippen LogP contribution >= 0.6 is 0 Å². The summed E-state index contributed by atoms with van der Waals surface area (Å²) >= 11 is 0. The molecule has 1 aromatic heterocycles. The third-order valence-electron chi connectivity index (χ3n) is 4.56. The topological polar surface area (TPSA) is 39.1 Å². The molecule has 3 atom stereocenters. The van der Waals surface area contributed by atoms with Gasteiger partial charge in [-0.3, -0.25) is 4.68 Å². The van der Waals surface area contributed by atoms with E-state index in [-0.39, 0.29) is 0 Å². The highest BCUT2D eigenvalue weighted by Gasteiger charge is 2.33. The molecule has 0 saturated heterocycles. The summed E-state index contributed by atoms with van der Waals surface area (Å²) in [4.78, 5) is 0. The van der Waals surface area contributed by atoms with Gasteiger partial charge in [0.15, 0.2) is 5.75 Å². The lowest BCUT2D eigenvalue weighted by atomic mass is 9.73. The van der Waals surface area contributed by atoms with Crippen molar-refractivity contribution < 1.29 is 4.74 Å². The lowest BCUT2D eigenvalue weighted by Gasteiger charge is -2.36. The van der Waals surface area contributed by atoms with Crippen molar-refractivity contribution >= 4 is 0 Å². The van der Waals surface area contributed by atoms with Crippen LogP contribution in [0.4, 0.5) is 0 Å².